The molecule has 0 fully saturated rings. The Morgan fingerprint density at radius 3 is 2.70 bits per heavy atom. The Morgan fingerprint density at radius 2 is 1.96 bits per heavy atom. The molecule has 1 heterocycles. The van der Waals surface area contributed by atoms with E-state index in [0.717, 1.165) is 23.5 Å². The van der Waals surface area contributed by atoms with E-state index in [-0.39, 0.29) is 11.4 Å². The predicted molar refractivity (Wildman–Crippen MR) is 88.4 cm³/mol. The van der Waals surface area contributed by atoms with Gasteiger partial charge in [-0.3, -0.25) is 0 Å². The van der Waals surface area contributed by atoms with Gasteiger partial charge in [0.1, 0.15) is 13.2 Å². The standard InChI is InChI=1S/C17H26N2O4/c1-17(2,12-19-16(20)18-7-4-8-21-3)13-5-6-14-15(11-13)23-10-9-22-14/h5-6,11H,4,7-10,12H2,1-3H3,(H2,18,19,20). The number of benzene rings is 1. The second-order valence-corrected chi connectivity index (χ2v) is 6.20. The van der Waals surface area contributed by atoms with Gasteiger partial charge in [-0.05, 0) is 24.1 Å². The third-order valence-corrected chi connectivity index (χ3v) is 3.83. The van der Waals surface area contributed by atoms with E-state index in [1.165, 1.54) is 0 Å². The number of hydrogen-bond donors (Lipinski definition) is 2. The van der Waals surface area contributed by atoms with E-state index in [2.05, 4.69) is 24.5 Å². The van der Waals surface area contributed by atoms with Gasteiger partial charge < -0.3 is 24.8 Å². The summed E-state index contributed by atoms with van der Waals surface area (Å²) in [7, 11) is 1.65. The van der Waals surface area contributed by atoms with Crippen molar-refractivity contribution >= 4 is 6.03 Å². The van der Waals surface area contributed by atoms with Crippen LogP contribution in [0.3, 0.4) is 0 Å². The van der Waals surface area contributed by atoms with Gasteiger partial charge in [0.25, 0.3) is 0 Å². The van der Waals surface area contributed by atoms with Crippen molar-refractivity contribution in [3.05, 3.63) is 23.8 Å². The molecule has 23 heavy (non-hydrogen) atoms. The molecule has 0 saturated carbocycles. The molecule has 6 heteroatoms. The highest BCUT2D eigenvalue weighted by molar-refractivity contribution is 5.73. The Hall–Kier alpha value is -1.95. The maximum Gasteiger partial charge on any atom is 0.314 e. The summed E-state index contributed by atoms with van der Waals surface area (Å²) < 4.78 is 16.1. The lowest BCUT2D eigenvalue weighted by Gasteiger charge is -2.27. The molecular weight excluding hydrogens is 296 g/mol. The van der Waals surface area contributed by atoms with Crippen LogP contribution in [0.2, 0.25) is 0 Å². The van der Waals surface area contributed by atoms with Gasteiger partial charge in [0.2, 0.25) is 0 Å². The Labute approximate surface area is 137 Å². The number of hydrogen-bond acceptors (Lipinski definition) is 4. The first kappa shape index (κ1) is 17.4. The van der Waals surface area contributed by atoms with Crippen LogP contribution in [-0.2, 0) is 10.2 Å². The molecule has 0 radical (unpaired) electrons. The maximum absolute atomic E-state index is 11.8. The summed E-state index contributed by atoms with van der Waals surface area (Å²) in [6.07, 6.45) is 0.801. The second kappa shape index (κ2) is 8.06. The average molecular weight is 322 g/mol. The molecule has 1 aliphatic rings. The minimum Gasteiger partial charge on any atom is -0.486 e. The van der Waals surface area contributed by atoms with Crippen LogP contribution in [0.4, 0.5) is 4.79 Å². The zero-order chi connectivity index (χ0) is 16.7. The van der Waals surface area contributed by atoms with Crippen molar-refractivity contribution in [2.45, 2.75) is 25.7 Å². The van der Waals surface area contributed by atoms with E-state index >= 15 is 0 Å². The summed E-state index contributed by atoms with van der Waals surface area (Å²) in [6.45, 7) is 7.10. The van der Waals surface area contributed by atoms with Crippen LogP contribution in [0, 0.1) is 0 Å². The summed E-state index contributed by atoms with van der Waals surface area (Å²) in [6, 6.07) is 5.78. The molecule has 0 atom stereocenters. The number of nitrogens with one attached hydrogen (secondary N) is 2. The number of rotatable bonds is 7. The molecule has 6 nitrogen and oxygen atoms in total. The Bertz CT molecular complexity index is 531. The van der Waals surface area contributed by atoms with Gasteiger partial charge in [-0.15, -0.1) is 0 Å². The van der Waals surface area contributed by atoms with E-state index in [1.807, 2.05) is 18.2 Å². The first-order chi connectivity index (χ1) is 11.0. The van der Waals surface area contributed by atoms with Crippen molar-refractivity contribution in [3.63, 3.8) is 0 Å². The van der Waals surface area contributed by atoms with Crippen molar-refractivity contribution in [2.75, 3.05) is 40.0 Å². The van der Waals surface area contributed by atoms with Gasteiger partial charge in [0.15, 0.2) is 11.5 Å². The normalized spacial score (nSPS) is 13.5. The highest BCUT2D eigenvalue weighted by Crippen LogP contribution is 2.34. The van der Waals surface area contributed by atoms with E-state index in [1.54, 1.807) is 7.11 Å². The lowest BCUT2D eigenvalue weighted by Crippen LogP contribution is -2.42. The smallest absolute Gasteiger partial charge is 0.314 e. The molecule has 2 N–H and O–H groups in total. The van der Waals surface area contributed by atoms with Crippen LogP contribution in [0.15, 0.2) is 18.2 Å². The summed E-state index contributed by atoms with van der Waals surface area (Å²) in [5.41, 5.74) is 0.890. The van der Waals surface area contributed by atoms with Gasteiger partial charge in [-0.25, -0.2) is 4.79 Å². The number of carbonyl (C=O) groups is 1. The zero-order valence-corrected chi connectivity index (χ0v) is 14.1. The molecule has 1 aromatic carbocycles. The van der Waals surface area contributed by atoms with Crippen molar-refractivity contribution in [1.29, 1.82) is 0 Å². The zero-order valence-electron chi connectivity index (χ0n) is 14.1. The van der Waals surface area contributed by atoms with E-state index in [4.69, 9.17) is 14.2 Å². The van der Waals surface area contributed by atoms with Crippen molar-refractivity contribution in [1.82, 2.24) is 10.6 Å². The minimum atomic E-state index is -0.209. The lowest BCUT2D eigenvalue weighted by atomic mass is 9.84. The van der Waals surface area contributed by atoms with Crippen LogP contribution >= 0.6 is 0 Å². The number of urea groups is 1. The number of methoxy groups -OCH3 is 1. The first-order valence-electron chi connectivity index (χ1n) is 7.94. The molecule has 2 amide bonds. The molecule has 128 valence electrons. The van der Waals surface area contributed by atoms with Gasteiger partial charge in [-0.2, -0.15) is 0 Å². The van der Waals surface area contributed by atoms with Crippen molar-refractivity contribution < 1.29 is 19.0 Å². The lowest BCUT2D eigenvalue weighted by molar-refractivity contribution is 0.171. The molecule has 2 rings (SSSR count). The molecule has 0 aliphatic carbocycles. The van der Waals surface area contributed by atoms with Crippen LogP contribution in [0.5, 0.6) is 11.5 Å². The monoisotopic (exact) mass is 322 g/mol. The summed E-state index contributed by atoms with van der Waals surface area (Å²) in [5, 5.41) is 5.73. The second-order valence-electron chi connectivity index (χ2n) is 6.20. The number of amides is 2. The van der Waals surface area contributed by atoms with E-state index in [0.29, 0.717) is 32.9 Å². The van der Waals surface area contributed by atoms with Gasteiger partial charge in [-0.1, -0.05) is 19.9 Å². The van der Waals surface area contributed by atoms with Gasteiger partial charge >= 0.3 is 6.03 Å². The quantitative estimate of drug-likeness (QED) is 0.754. The van der Waals surface area contributed by atoms with Crippen LogP contribution in [-0.4, -0.2) is 46.1 Å². The molecule has 1 aromatic rings. The highest BCUT2D eigenvalue weighted by atomic mass is 16.6. The highest BCUT2D eigenvalue weighted by Gasteiger charge is 2.24. The van der Waals surface area contributed by atoms with Crippen LogP contribution < -0.4 is 20.1 Å². The number of fused-ring (bicyclic) bond motifs is 1. The summed E-state index contributed by atoms with van der Waals surface area (Å²) in [4.78, 5) is 11.8. The third kappa shape index (κ3) is 5.03. The van der Waals surface area contributed by atoms with E-state index in [9.17, 15) is 4.79 Å². The molecule has 0 aromatic heterocycles. The summed E-state index contributed by atoms with van der Waals surface area (Å²) in [5.74, 6) is 1.55. The predicted octanol–water partition coefficient (Wildman–Crippen LogP) is 2.07. The van der Waals surface area contributed by atoms with Gasteiger partial charge in [0.05, 0.1) is 0 Å². The van der Waals surface area contributed by atoms with Crippen molar-refractivity contribution in [2.24, 2.45) is 0 Å². The largest absolute Gasteiger partial charge is 0.486 e. The topological polar surface area (TPSA) is 68.8 Å². The van der Waals surface area contributed by atoms with E-state index < -0.39 is 0 Å². The molecule has 0 bridgehead atoms. The molecule has 0 saturated heterocycles. The molecule has 1 aliphatic heterocycles. The van der Waals surface area contributed by atoms with Crippen LogP contribution in [0.1, 0.15) is 25.8 Å². The average Bonchev–Trinajstić information content (AvgIpc) is 2.56. The first-order valence-corrected chi connectivity index (χ1v) is 7.94. The Kier molecular flexibility index (Phi) is 6.10. The minimum absolute atomic E-state index is 0.160. The number of ether oxygens (including phenoxy) is 3. The third-order valence-electron chi connectivity index (χ3n) is 3.83. The fraction of sp³-hybridized carbons (Fsp3) is 0.588. The fourth-order valence-electron chi connectivity index (χ4n) is 2.35. The Balaban J connectivity index is 1.87. The molecule has 0 unspecified atom stereocenters. The number of carbonyl (C=O) groups excluding carboxylic acids is 1. The SMILES string of the molecule is COCCCNC(=O)NCC(C)(C)c1ccc2c(c1)OCCO2. The summed E-state index contributed by atoms with van der Waals surface area (Å²) >= 11 is 0. The fourth-order valence-corrected chi connectivity index (χ4v) is 2.35. The van der Waals surface area contributed by atoms with Crippen molar-refractivity contribution in [3.8, 4) is 11.5 Å². The molecular formula is C17H26N2O4. The Morgan fingerprint density at radius 1 is 1.22 bits per heavy atom. The van der Waals surface area contributed by atoms with Gasteiger partial charge in [0, 0.05) is 32.2 Å². The van der Waals surface area contributed by atoms with Crippen LogP contribution in [0.25, 0.3) is 0 Å². The maximum atomic E-state index is 11.8. The molecule has 0 spiro atoms.